The van der Waals surface area contributed by atoms with Crippen LogP contribution in [0.25, 0.3) is 0 Å². The van der Waals surface area contributed by atoms with Crippen molar-refractivity contribution in [3.8, 4) is 0 Å². The summed E-state index contributed by atoms with van der Waals surface area (Å²) in [6, 6.07) is 21.5. The Morgan fingerprint density at radius 2 is 1.13 bits per heavy atom. The van der Waals surface area contributed by atoms with Gasteiger partial charge in [0.25, 0.3) is 0 Å². The van der Waals surface area contributed by atoms with Crippen LogP contribution in [0.2, 0.25) is 0 Å². The van der Waals surface area contributed by atoms with Crippen LogP contribution in [0.4, 0.5) is 0 Å². The number of likely N-dealkylation sites (tertiary alicyclic amines) is 1. The fourth-order valence-corrected chi connectivity index (χ4v) is 4.28. The highest BCUT2D eigenvalue weighted by Crippen LogP contribution is 2.51. The molecule has 0 amide bonds. The average Bonchev–Trinajstić information content (AvgIpc) is 2.56. The van der Waals surface area contributed by atoms with E-state index in [0.717, 1.165) is 0 Å². The maximum atomic E-state index is 11.3. The highest BCUT2D eigenvalue weighted by atomic mass is 16.3. The minimum Gasteiger partial charge on any atom is -0.389 e. The molecule has 1 aliphatic heterocycles. The summed E-state index contributed by atoms with van der Waals surface area (Å²) in [5.41, 5.74) is 1.83. The molecule has 2 nitrogen and oxygen atoms in total. The van der Waals surface area contributed by atoms with Crippen LogP contribution in [-0.4, -0.2) is 22.7 Å². The molecule has 1 unspecified atom stereocenters. The van der Waals surface area contributed by atoms with Crippen molar-refractivity contribution in [2.24, 2.45) is 11.8 Å². The van der Waals surface area contributed by atoms with Gasteiger partial charge < -0.3 is 5.11 Å². The summed E-state index contributed by atoms with van der Waals surface area (Å²) in [4.78, 5) is 2.44. The van der Waals surface area contributed by atoms with E-state index >= 15 is 0 Å². The number of hydrogen-bond donors (Lipinski definition) is 1. The summed E-state index contributed by atoms with van der Waals surface area (Å²) in [5, 5.41) is 11.3. The summed E-state index contributed by atoms with van der Waals surface area (Å²) in [7, 11) is 2.19. The van der Waals surface area contributed by atoms with Gasteiger partial charge in [0.2, 0.25) is 0 Å². The zero-order valence-corrected chi connectivity index (χ0v) is 14.5. The van der Waals surface area contributed by atoms with E-state index in [1.54, 1.807) is 0 Å². The summed E-state index contributed by atoms with van der Waals surface area (Å²) >= 11 is 0. The molecule has 1 heterocycles. The van der Waals surface area contributed by atoms with E-state index in [-0.39, 0.29) is 23.9 Å². The Morgan fingerprint density at radius 1 is 0.783 bits per heavy atom. The Balaban J connectivity index is 2.07. The van der Waals surface area contributed by atoms with E-state index in [1.165, 1.54) is 11.1 Å². The van der Waals surface area contributed by atoms with Crippen LogP contribution in [0, 0.1) is 11.8 Å². The van der Waals surface area contributed by atoms with Crippen molar-refractivity contribution in [1.82, 2.24) is 4.90 Å². The molecule has 2 heteroatoms. The minimum atomic E-state index is -0.715. The molecule has 5 atom stereocenters. The van der Waals surface area contributed by atoms with Crippen LogP contribution in [0.5, 0.6) is 0 Å². The van der Waals surface area contributed by atoms with E-state index in [9.17, 15) is 5.11 Å². The topological polar surface area (TPSA) is 23.5 Å². The molecule has 0 aliphatic carbocycles. The molecule has 0 radical (unpaired) electrons. The maximum Gasteiger partial charge on any atom is 0.0707 e. The van der Waals surface area contributed by atoms with E-state index in [2.05, 4.69) is 74.3 Å². The summed E-state index contributed by atoms with van der Waals surface area (Å²) in [5.74, 6) is 0.315. The second-order valence-electron chi connectivity index (χ2n) is 7.18. The lowest BCUT2D eigenvalue weighted by atomic mass is 9.66. The van der Waals surface area contributed by atoms with Gasteiger partial charge in [0.15, 0.2) is 0 Å². The largest absolute Gasteiger partial charge is 0.389 e. The van der Waals surface area contributed by atoms with Gasteiger partial charge in [-0.05, 0) is 25.1 Å². The standard InChI is InChI=1S/C21H27NO/c1-15-19(17-11-7-5-8-12-17)22(4)20(16(2)21(15,3)23)18-13-9-6-10-14-18/h5-16,19-20,23H,1-4H3/t15-,16+,19-,20-,21?/m1/s1. The second kappa shape index (κ2) is 6.10. The predicted octanol–water partition coefficient (Wildman–Crippen LogP) is 4.44. The van der Waals surface area contributed by atoms with Gasteiger partial charge in [0.1, 0.15) is 0 Å². The molecule has 2 aromatic rings. The molecule has 23 heavy (non-hydrogen) atoms. The number of rotatable bonds is 2. The number of nitrogens with zero attached hydrogens (tertiary/aromatic N) is 1. The zero-order valence-electron chi connectivity index (χ0n) is 14.5. The highest BCUT2D eigenvalue weighted by molar-refractivity contribution is 5.27. The monoisotopic (exact) mass is 309 g/mol. The SMILES string of the molecule is C[C@@H]1[C@H](c2ccccc2)N(C)[C@@H](c2ccccc2)[C@H](C)C1(C)O. The van der Waals surface area contributed by atoms with Crippen molar-refractivity contribution >= 4 is 0 Å². The van der Waals surface area contributed by atoms with Crippen molar-refractivity contribution in [3.63, 3.8) is 0 Å². The molecule has 1 saturated heterocycles. The highest BCUT2D eigenvalue weighted by Gasteiger charge is 2.51. The first-order valence-corrected chi connectivity index (χ1v) is 8.48. The summed E-state index contributed by atoms with van der Waals surface area (Å²) < 4.78 is 0. The van der Waals surface area contributed by atoms with E-state index in [1.807, 2.05) is 19.1 Å². The van der Waals surface area contributed by atoms with E-state index < -0.39 is 5.60 Å². The molecule has 2 aromatic carbocycles. The van der Waals surface area contributed by atoms with E-state index in [0.29, 0.717) is 0 Å². The Morgan fingerprint density at radius 3 is 1.48 bits per heavy atom. The Bertz CT molecular complexity index is 582. The van der Waals surface area contributed by atoms with Crippen molar-refractivity contribution in [3.05, 3.63) is 71.8 Å². The van der Waals surface area contributed by atoms with Crippen molar-refractivity contribution in [2.75, 3.05) is 7.05 Å². The average molecular weight is 309 g/mol. The lowest BCUT2D eigenvalue weighted by molar-refractivity contribution is -0.143. The lowest BCUT2D eigenvalue weighted by Gasteiger charge is -2.55. The van der Waals surface area contributed by atoms with Gasteiger partial charge >= 0.3 is 0 Å². The van der Waals surface area contributed by atoms with Crippen LogP contribution in [-0.2, 0) is 0 Å². The molecule has 0 spiro atoms. The van der Waals surface area contributed by atoms with Gasteiger partial charge in [0, 0.05) is 23.9 Å². The quantitative estimate of drug-likeness (QED) is 0.886. The normalized spacial score (nSPS) is 35.2. The van der Waals surface area contributed by atoms with E-state index in [4.69, 9.17) is 0 Å². The van der Waals surface area contributed by atoms with Crippen LogP contribution >= 0.6 is 0 Å². The van der Waals surface area contributed by atoms with Crippen molar-refractivity contribution in [1.29, 1.82) is 0 Å². The first-order chi connectivity index (χ1) is 10.9. The minimum absolute atomic E-state index is 0.157. The first kappa shape index (κ1) is 16.2. The van der Waals surface area contributed by atoms with Crippen molar-refractivity contribution in [2.45, 2.75) is 38.5 Å². The molecule has 3 rings (SSSR count). The Kier molecular flexibility index (Phi) is 4.31. The second-order valence-corrected chi connectivity index (χ2v) is 7.18. The zero-order chi connectivity index (χ0) is 16.6. The number of aliphatic hydroxyl groups is 1. The van der Waals surface area contributed by atoms with Gasteiger partial charge in [-0.25, -0.2) is 0 Å². The summed E-state index contributed by atoms with van der Waals surface area (Å²) in [6.07, 6.45) is 0. The molecular formula is C21H27NO. The first-order valence-electron chi connectivity index (χ1n) is 8.48. The predicted molar refractivity (Wildman–Crippen MR) is 95.1 cm³/mol. The third kappa shape index (κ3) is 2.71. The number of piperidine rings is 1. The smallest absolute Gasteiger partial charge is 0.0707 e. The fraction of sp³-hybridized carbons (Fsp3) is 0.429. The molecule has 0 bridgehead atoms. The molecular weight excluding hydrogens is 282 g/mol. The molecule has 0 aromatic heterocycles. The third-order valence-electron chi connectivity index (χ3n) is 5.95. The van der Waals surface area contributed by atoms with Gasteiger partial charge in [0.05, 0.1) is 5.60 Å². The molecule has 1 fully saturated rings. The number of benzene rings is 2. The van der Waals surface area contributed by atoms with Crippen LogP contribution in [0.15, 0.2) is 60.7 Å². The maximum absolute atomic E-state index is 11.3. The molecule has 1 aliphatic rings. The fourth-order valence-electron chi connectivity index (χ4n) is 4.28. The third-order valence-corrected chi connectivity index (χ3v) is 5.95. The Labute approximate surface area is 139 Å². The van der Waals surface area contributed by atoms with Gasteiger partial charge in [-0.2, -0.15) is 0 Å². The Hall–Kier alpha value is -1.64. The van der Waals surface area contributed by atoms with Crippen LogP contribution < -0.4 is 0 Å². The lowest BCUT2D eigenvalue weighted by Crippen LogP contribution is -2.56. The number of hydrogen-bond acceptors (Lipinski definition) is 2. The molecule has 1 N–H and O–H groups in total. The van der Waals surface area contributed by atoms with Gasteiger partial charge in [-0.3, -0.25) is 4.90 Å². The van der Waals surface area contributed by atoms with Crippen LogP contribution in [0.3, 0.4) is 0 Å². The van der Waals surface area contributed by atoms with Crippen molar-refractivity contribution < 1.29 is 5.11 Å². The summed E-state index contributed by atoms with van der Waals surface area (Å²) in [6.45, 7) is 6.35. The molecule has 0 saturated carbocycles. The van der Waals surface area contributed by atoms with Gasteiger partial charge in [-0.1, -0.05) is 74.5 Å². The molecule has 122 valence electrons. The van der Waals surface area contributed by atoms with Gasteiger partial charge in [-0.15, -0.1) is 0 Å². The van der Waals surface area contributed by atoms with Crippen LogP contribution in [0.1, 0.15) is 44.0 Å².